The van der Waals surface area contributed by atoms with Crippen molar-refractivity contribution in [1.29, 1.82) is 0 Å². The van der Waals surface area contributed by atoms with Crippen LogP contribution in [-0.2, 0) is 6.67 Å². The van der Waals surface area contributed by atoms with Gasteiger partial charge in [0.05, 0.1) is 19.1 Å². The fraction of sp³-hybridized carbons (Fsp3) is 0.625. The van der Waals surface area contributed by atoms with Gasteiger partial charge in [0.25, 0.3) is 0 Å². The Morgan fingerprint density at radius 1 is 1.58 bits per heavy atom. The second-order valence-electron chi connectivity index (χ2n) is 3.61. The summed E-state index contributed by atoms with van der Waals surface area (Å²) in [6.45, 7) is 6.36. The van der Waals surface area contributed by atoms with Crippen LogP contribution >= 0.6 is 0 Å². The normalized spacial score (nSPS) is 11.7. The van der Waals surface area contributed by atoms with E-state index in [4.69, 9.17) is 10.5 Å². The maximum Gasteiger partial charge on any atom is 0.158 e. The third-order valence-corrected chi connectivity index (χ3v) is 1.22. The summed E-state index contributed by atoms with van der Waals surface area (Å²) in [4.78, 5) is 0. The molecule has 0 saturated carbocycles. The Morgan fingerprint density at radius 3 is 2.67 bits per heavy atom. The third kappa shape index (κ3) is 2.54. The van der Waals surface area contributed by atoms with Crippen LogP contribution in [0.3, 0.4) is 0 Å². The highest BCUT2D eigenvalue weighted by Crippen LogP contribution is 2.15. The lowest BCUT2D eigenvalue weighted by Crippen LogP contribution is -2.22. The van der Waals surface area contributed by atoms with Crippen LogP contribution in [0.1, 0.15) is 20.8 Å². The van der Waals surface area contributed by atoms with E-state index < -0.39 is 0 Å². The summed E-state index contributed by atoms with van der Waals surface area (Å²) < 4.78 is 7.17. The van der Waals surface area contributed by atoms with E-state index in [1.807, 2.05) is 20.8 Å². The van der Waals surface area contributed by atoms with Gasteiger partial charge in [0.1, 0.15) is 5.60 Å². The number of hydrogen-bond acceptors (Lipinski definition) is 3. The average Bonchev–Trinajstić information content (AvgIpc) is 2.32. The maximum absolute atomic E-state index is 5.55. The first-order chi connectivity index (χ1) is 5.51. The van der Waals surface area contributed by atoms with Crippen molar-refractivity contribution in [2.45, 2.75) is 33.0 Å². The fourth-order valence-electron chi connectivity index (χ4n) is 0.851. The van der Waals surface area contributed by atoms with Gasteiger partial charge in [0.15, 0.2) is 5.75 Å². The number of rotatable bonds is 2. The topological polar surface area (TPSA) is 53.1 Å². The SMILES string of the molecule is CC(C)(C)Oc1cnn(CN)c1. The molecule has 0 unspecified atom stereocenters. The molecule has 0 aliphatic rings. The van der Waals surface area contributed by atoms with E-state index in [9.17, 15) is 0 Å². The second kappa shape index (κ2) is 3.15. The summed E-state index contributed by atoms with van der Waals surface area (Å²) in [5, 5.41) is 3.99. The molecule has 0 radical (unpaired) electrons. The fourth-order valence-corrected chi connectivity index (χ4v) is 0.851. The monoisotopic (exact) mass is 169 g/mol. The van der Waals surface area contributed by atoms with Gasteiger partial charge in [0.2, 0.25) is 0 Å². The van der Waals surface area contributed by atoms with Gasteiger partial charge in [-0.1, -0.05) is 0 Å². The molecule has 0 amide bonds. The Morgan fingerprint density at radius 2 is 2.25 bits per heavy atom. The lowest BCUT2D eigenvalue weighted by molar-refractivity contribution is 0.131. The molecule has 0 saturated heterocycles. The van der Waals surface area contributed by atoms with Crippen LogP contribution in [0.5, 0.6) is 5.75 Å². The molecule has 0 fully saturated rings. The van der Waals surface area contributed by atoms with Gasteiger partial charge in [-0.05, 0) is 20.8 Å². The lowest BCUT2D eigenvalue weighted by atomic mass is 10.2. The van der Waals surface area contributed by atoms with Crippen molar-refractivity contribution in [2.75, 3.05) is 0 Å². The number of nitrogens with two attached hydrogens (primary N) is 1. The summed E-state index contributed by atoms with van der Waals surface area (Å²) in [7, 11) is 0. The van der Waals surface area contributed by atoms with Crippen molar-refractivity contribution in [2.24, 2.45) is 5.73 Å². The van der Waals surface area contributed by atoms with Gasteiger partial charge >= 0.3 is 0 Å². The Bertz CT molecular complexity index is 249. The smallest absolute Gasteiger partial charge is 0.158 e. The number of ether oxygens (including phenoxy) is 1. The first-order valence-corrected chi connectivity index (χ1v) is 3.93. The third-order valence-electron chi connectivity index (χ3n) is 1.22. The number of aromatic nitrogens is 2. The van der Waals surface area contributed by atoms with Crippen molar-refractivity contribution < 1.29 is 4.74 Å². The molecule has 0 aliphatic heterocycles. The number of hydrogen-bond donors (Lipinski definition) is 1. The molecule has 0 aromatic carbocycles. The summed E-state index contributed by atoms with van der Waals surface area (Å²) in [6, 6.07) is 0. The van der Waals surface area contributed by atoms with E-state index in [1.165, 1.54) is 0 Å². The lowest BCUT2D eigenvalue weighted by Gasteiger charge is -2.19. The highest BCUT2D eigenvalue weighted by Gasteiger charge is 2.12. The van der Waals surface area contributed by atoms with Crippen LogP contribution in [0.25, 0.3) is 0 Å². The van der Waals surface area contributed by atoms with Crippen LogP contribution in [0, 0.1) is 0 Å². The largest absolute Gasteiger partial charge is 0.485 e. The highest BCUT2D eigenvalue weighted by atomic mass is 16.5. The Labute approximate surface area is 72.3 Å². The zero-order valence-corrected chi connectivity index (χ0v) is 7.74. The molecule has 0 bridgehead atoms. The predicted octanol–water partition coefficient (Wildman–Crippen LogP) is 0.977. The van der Waals surface area contributed by atoms with Gasteiger partial charge in [-0.2, -0.15) is 5.10 Å². The summed E-state index contributed by atoms with van der Waals surface area (Å²) in [5.41, 5.74) is 5.19. The van der Waals surface area contributed by atoms with Crippen molar-refractivity contribution in [1.82, 2.24) is 9.78 Å². The first-order valence-electron chi connectivity index (χ1n) is 3.93. The zero-order chi connectivity index (χ0) is 9.19. The molecule has 0 spiro atoms. The van der Waals surface area contributed by atoms with E-state index in [-0.39, 0.29) is 5.60 Å². The molecule has 1 rings (SSSR count). The predicted molar refractivity (Wildman–Crippen MR) is 46.8 cm³/mol. The van der Waals surface area contributed by atoms with Crippen LogP contribution < -0.4 is 10.5 Å². The van der Waals surface area contributed by atoms with Crippen LogP contribution in [0.2, 0.25) is 0 Å². The van der Waals surface area contributed by atoms with Crippen molar-refractivity contribution in [3.05, 3.63) is 12.4 Å². The van der Waals surface area contributed by atoms with Gasteiger partial charge in [-0.3, -0.25) is 4.68 Å². The molecule has 68 valence electrons. The zero-order valence-electron chi connectivity index (χ0n) is 7.74. The Kier molecular flexibility index (Phi) is 2.38. The molecular weight excluding hydrogens is 154 g/mol. The summed E-state index contributed by atoms with van der Waals surface area (Å²) >= 11 is 0. The maximum atomic E-state index is 5.55. The highest BCUT2D eigenvalue weighted by molar-refractivity contribution is 5.12. The first kappa shape index (κ1) is 9.06. The van der Waals surface area contributed by atoms with E-state index in [0.29, 0.717) is 6.67 Å². The molecule has 4 heteroatoms. The van der Waals surface area contributed by atoms with Crippen LogP contribution in [0.4, 0.5) is 0 Å². The van der Waals surface area contributed by atoms with Crippen molar-refractivity contribution in [3.8, 4) is 5.75 Å². The minimum atomic E-state index is -0.178. The van der Waals surface area contributed by atoms with Gasteiger partial charge < -0.3 is 10.5 Å². The second-order valence-corrected chi connectivity index (χ2v) is 3.61. The molecule has 12 heavy (non-hydrogen) atoms. The van der Waals surface area contributed by atoms with Crippen molar-refractivity contribution >= 4 is 0 Å². The quantitative estimate of drug-likeness (QED) is 0.718. The molecule has 2 N–H and O–H groups in total. The van der Waals surface area contributed by atoms with Gasteiger partial charge in [-0.15, -0.1) is 0 Å². The molecule has 1 aromatic rings. The van der Waals surface area contributed by atoms with E-state index in [0.717, 1.165) is 5.75 Å². The van der Waals surface area contributed by atoms with Crippen molar-refractivity contribution in [3.63, 3.8) is 0 Å². The van der Waals surface area contributed by atoms with E-state index in [1.54, 1.807) is 17.1 Å². The van der Waals surface area contributed by atoms with E-state index in [2.05, 4.69) is 5.10 Å². The van der Waals surface area contributed by atoms with Crippen LogP contribution in [-0.4, -0.2) is 15.4 Å². The summed E-state index contributed by atoms with van der Waals surface area (Å²) in [6.07, 6.45) is 3.45. The Balaban J connectivity index is 2.64. The Hall–Kier alpha value is -1.03. The average molecular weight is 169 g/mol. The molecule has 1 heterocycles. The standard InChI is InChI=1S/C8H15N3O/c1-8(2,3)12-7-4-10-11(5-7)6-9/h4-5H,6,9H2,1-3H3. The van der Waals surface area contributed by atoms with Crippen LogP contribution in [0.15, 0.2) is 12.4 Å². The molecule has 0 aliphatic carbocycles. The molecule has 1 aromatic heterocycles. The van der Waals surface area contributed by atoms with E-state index >= 15 is 0 Å². The van der Waals surface area contributed by atoms with Gasteiger partial charge in [0, 0.05) is 0 Å². The number of nitrogens with zero attached hydrogens (tertiary/aromatic N) is 2. The minimum absolute atomic E-state index is 0.178. The molecule has 4 nitrogen and oxygen atoms in total. The molecular formula is C8H15N3O. The van der Waals surface area contributed by atoms with Gasteiger partial charge in [-0.25, -0.2) is 0 Å². The minimum Gasteiger partial charge on any atom is -0.485 e. The summed E-state index contributed by atoms with van der Waals surface area (Å²) in [5.74, 6) is 0.757. The molecule has 0 atom stereocenters.